The molecule has 5 nitrogen and oxygen atoms in total. The molecule has 0 radical (unpaired) electrons. The second-order valence-corrected chi connectivity index (χ2v) is 7.04. The highest BCUT2D eigenvalue weighted by Gasteiger charge is 2.20. The summed E-state index contributed by atoms with van der Waals surface area (Å²) >= 11 is 6.44. The predicted molar refractivity (Wildman–Crippen MR) is 109 cm³/mol. The second-order valence-electron chi connectivity index (χ2n) is 6.63. The van der Waals surface area contributed by atoms with Gasteiger partial charge in [0.2, 0.25) is 0 Å². The van der Waals surface area contributed by atoms with Gasteiger partial charge in [-0.3, -0.25) is 13.9 Å². The topological polar surface area (TPSA) is 48.9 Å². The van der Waals surface area contributed by atoms with E-state index in [1.165, 1.54) is 11.6 Å². The van der Waals surface area contributed by atoms with Gasteiger partial charge in [-0.1, -0.05) is 53.6 Å². The number of fused-ring (bicyclic) bond motifs is 1. The molecule has 0 aliphatic heterocycles. The third kappa shape index (κ3) is 2.62. The Hall–Kier alpha value is -3.05. The molecule has 0 aliphatic rings. The van der Waals surface area contributed by atoms with Crippen LogP contribution >= 0.6 is 11.6 Å². The molecule has 0 spiro atoms. The molecule has 0 aliphatic carbocycles. The number of hydrogen-bond donors (Lipinski definition) is 0. The zero-order valence-corrected chi connectivity index (χ0v) is 16.0. The molecule has 4 rings (SSSR count). The Morgan fingerprint density at radius 3 is 2.22 bits per heavy atom. The van der Waals surface area contributed by atoms with Crippen molar-refractivity contribution in [1.29, 1.82) is 0 Å². The second kappa shape index (κ2) is 6.28. The molecule has 0 bridgehead atoms. The molecule has 4 aromatic rings. The molecule has 0 saturated heterocycles. The lowest BCUT2D eigenvalue weighted by atomic mass is 10.1. The van der Waals surface area contributed by atoms with E-state index in [1.807, 2.05) is 54.0 Å². The number of halogens is 1. The average Bonchev–Trinajstić information content (AvgIpc) is 3.06. The van der Waals surface area contributed by atoms with Crippen LogP contribution in [0.5, 0.6) is 0 Å². The molecular weight excluding hydrogens is 362 g/mol. The third-order valence-corrected chi connectivity index (χ3v) is 5.20. The summed E-state index contributed by atoms with van der Waals surface area (Å²) in [5.41, 5.74) is 3.35. The summed E-state index contributed by atoms with van der Waals surface area (Å²) in [7, 11) is 3.16. The van der Waals surface area contributed by atoms with Crippen molar-refractivity contribution in [2.45, 2.75) is 6.92 Å². The van der Waals surface area contributed by atoms with E-state index in [9.17, 15) is 9.59 Å². The molecule has 2 aromatic carbocycles. The summed E-state index contributed by atoms with van der Waals surface area (Å²) in [6, 6.07) is 15.4. The van der Waals surface area contributed by atoms with E-state index in [0.717, 1.165) is 21.4 Å². The zero-order chi connectivity index (χ0) is 19.3. The van der Waals surface area contributed by atoms with Gasteiger partial charge in [-0.05, 0) is 24.6 Å². The number of rotatable bonds is 2. The molecule has 0 unspecified atom stereocenters. The van der Waals surface area contributed by atoms with Gasteiger partial charge in [-0.15, -0.1) is 0 Å². The van der Waals surface area contributed by atoms with E-state index < -0.39 is 0 Å². The molecule has 2 aromatic heterocycles. The van der Waals surface area contributed by atoms with Gasteiger partial charge >= 0.3 is 5.69 Å². The Morgan fingerprint density at radius 2 is 1.56 bits per heavy atom. The van der Waals surface area contributed by atoms with E-state index in [4.69, 9.17) is 11.6 Å². The maximum absolute atomic E-state index is 13.0. The van der Waals surface area contributed by atoms with Crippen molar-refractivity contribution >= 4 is 22.5 Å². The van der Waals surface area contributed by atoms with E-state index in [1.54, 1.807) is 19.3 Å². The number of para-hydroxylation sites is 1. The van der Waals surface area contributed by atoms with Crippen molar-refractivity contribution in [2.75, 3.05) is 0 Å². The summed E-state index contributed by atoms with van der Waals surface area (Å²) in [4.78, 5) is 25.4. The molecule has 0 saturated carbocycles. The number of benzene rings is 2. The molecule has 0 amide bonds. The van der Waals surface area contributed by atoms with Crippen molar-refractivity contribution in [3.63, 3.8) is 0 Å². The normalized spacial score (nSPS) is 11.3. The van der Waals surface area contributed by atoms with Gasteiger partial charge in [0.15, 0.2) is 0 Å². The van der Waals surface area contributed by atoms with Crippen molar-refractivity contribution in [3.8, 4) is 16.9 Å². The van der Waals surface area contributed by atoms with Gasteiger partial charge < -0.3 is 4.57 Å². The number of hydrogen-bond acceptors (Lipinski definition) is 2. The highest BCUT2D eigenvalue weighted by molar-refractivity contribution is 6.32. The summed E-state index contributed by atoms with van der Waals surface area (Å²) in [6.45, 7) is 2.01. The van der Waals surface area contributed by atoms with E-state index in [2.05, 4.69) is 0 Å². The first-order valence-corrected chi connectivity index (χ1v) is 8.91. The Balaban J connectivity index is 2.23. The Bertz CT molecular complexity index is 1290. The van der Waals surface area contributed by atoms with Gasteiger partial charge in [0, 0.05) is 20.3 Å². The lowest BCUT2D eigenvalue weighted by Crippen LogP contribution is -2.36. The maximum Gasteiger partial charge on any atom is 0.330 e. The van der Waals surface area contributed by atoms with Crippen LogP contribution in [0.3, 0.4) is 0 Å². The molecule has 0 atom stereocenters. The van der Waals surface area contributed by atoms with Crippen LogP contribution in [-0.4, -0.2) is 13.7 Å². The third-order valence-electron chi connectivity index (χ3n) is 4.88. The minimum Gasteiger partial charge on any atom is -0.312 e. The van der Waals surface area contributed by atoms with E-state index in [0.29, 0.717) is 21.6 Å². The fourth-order valence-corrected chi connectivity index (χ4v) is 3.60. The SMILES string of the molecule is Cc1ccc(-c2c3c(=O)n(C)c(=O)n(C)c3cn2-c2ccccc2Cl)cc1. The molecule has 27 heavy (non-hydrogen) atoms. The Kier molecular flexibility index (Phi) is 4.04. The standard InChI is InChI=1S/C21H18ClN3O2/c1-13-8-10-14(11-9-13)19-18-17(23(2)21(27)24(3)20(18)26)12-25(19)16-7-5-4-6-15(16)22/h4-12H,1-3H3. The van der Waals surface area contributed by atoms with Crippen LogP contribution in [0.4, 0.5) is 0 Å². The smallest absolute Gasteiger partial charge is 0.312 e. The van der Waals surface area contributed by atoms with Crippen LogP contribution in [0.2, 0.25) is 5.02 Å². The number of aromatic nitrogens is 3. The maximum atomic E-state index is 13.0. The first kappa shape index (κ1) is 17.4. The highest BCUT2D eigenvalue weighted by Crippen LogP contribution is 2.33. The van der Waals surface area contributed by atoms with Crippen molar-refractivity contribution in [2.24, 2.45) is 14.1 Å². The van der Waals surface area contributed by atoms with Gasteiger partial charge in [0.1, 0.15) is 0 Å². The summed E-state index contributed by atoms with van der Waals surface area (Å²) < 4.78 is 4.51. The van der Waals surface area contributed by atoms with E-state index in [-0.39, 0.29) is 11.2 Å². The lowest BCUT2D eigenvalue weighted by Gasteiger charge is -2.12. The highest BCUT2D eigenvalue weighted by atomic mass is 35.5. The molecule has 0 fully saturated rings. The quantitative estimate of drug-likeness (QED) is 0.533. The predicted octanol–water partition coefficient (Wildman–Crippen LogP) is 3.66. The van der Waals surface area contributed by atoms with Crippen molar-refractivity contribution in [1.82, 2.24) is 13.7 Å². The molecule has 6 heteroatoms. The minimum atomic E-state index is -0.362. The largest absolute Gasteiger partial charge is 0.330 e. The summed E-state index contributed by atoms with van der Waals surface area (Å²) in [6.07, 6.45) is 1.80. The van der Waals surface area contributed by atoms with Crippen LogP contribution in [0.15, 0.2) is 64.3 Å². The first-order valence-electron chi connectivity index (χ1n) is 8.53. The van der Waals surface area contributed by atoms with Crippen LogP contribution in [0, 0.1) is 6.92 Å². The van der Waals surface area contributed by atoms with Crippen LogP contribution in [0.1, 0.15) is 5.56 Å². The Morgan fingerprint density at radius 1 is 0.889 bits per heavy atom. The van der Waals surface area contributed by atoms with Gasteiger partial charge in [-0.25, -0.2) is 4.79 Å². The fraction of sp³-hybridized carbons (Fsp3) is 0.143. The monoisotopic (exact) mass is 379 g/mol. The fourth-order valence-electron chi connectivity index (χ4n) is 3.37. The van der Waals surface area contributed by atoms with Gasteiger partial charge in [0.25, 0.3) is 5.56 Å². The van der Waals surface area contributed by atoms with Gasteiger partial charge in [0.05, 0.1) is 27.3 Å². The summed E-state index contributed by atoms with van der Waals surface area (Å²) in [5, 5.41) is 1.05. The van der Waals surface area contributed by atoms with Crippen LogP contribution in [0.25, 0.3) is 27.8 Å². The molecule has 2 heterocycles. The van der Waals surface area contributed by atoms with Crippen molar-refractivity contribution in [3.05, 3.63) is 86.2 Å². The minimum absolute atomic E-state index is 0.325. The van der Waals surface area contributed by atoms with Crippen LogP contribution < -0.4 is 11.2 Å². The summed E-state index contributed by atoms with van der Waals surface area (Å²) in [5.74, 6) is 0. The molecular formula is C21H18ClN3O2. The zero-order valence-electron chi connectivity index (χ0n) is 15.2. The lowest BCUT2D eigenvalue weighted by molar-refractivity contribution is 0.714. The van der Waals surface area contributed by atoms with Crippen LogP contribution in [-0.2, 0) is 14.1 Å². The van der Waals surface area contributed by atoms with Crippen molar-refractivity contribution < 1.29 is 0 Å². The Labute approximate surface area is 160 Å². The average molecular weight is 380 g/mol. The molecule has 136 valence electrons. The number of nitrogens with zero attached hydrogens (tertiary/aromatic N) is 3. The number of aryl methyl sites for hydroxylation is 2. The first-order chi connectivity index (χ1) is 12.9. The van der Waals surface area contributed by atoms with E-state index >= 15 is 0 Å². The molecule has 0 N–H and O–H groups in total. The van der Waals surface area contributed by atoms with Gasteiger partial charge in [-0.2, -0.15) is 0 Å².